The Labute approximate surface area is 212 Å². The number of aromatic nitrogens is 2. The molecule has 0 atom stereocenters. The maximum absolute atomic E-state index is 6.38. The highest BCUT2D eigenvalue weighted by molar-refractivity contribution is 6.29. The maximum Gasteiger partial charge on any atom is 0.161 e. The van der Waals surface area contributed by atoms with Gasteiger partial charge in [0, 0.05) is 28.0 Å². The Morgan fingerprint density at radius 3 is 2.14 bits per heavy atom. The van der Waals surface area contributed by atoms with Crippen LogP contribution in [-0.2, 0) is 0 Å². The van der Waals surface area contributed by atoms with Gasteiger partial charge in [-0.25, -0.2) is 9.97 Å². The number of rotatable bonds is 3. The molecular weight excluding hydrogens is 464 g/mol. The highest BCUT2D eigenvalue weighted by atomic mass is 35.5. The zero-order valence-corrected chi connectivity index (χ0v) is 19.9. The van der Waals surface area contributed by atoms with Crippen molar-refractivity contribution in [2.24, 2.45) is 0 Å². The number of benzene rings is 5. The smallest absolute Gasteiger partial charge is 0.161 e. The van der Waals surface area contributed by atoms with E-state index in [1.807, 2.05) is 54.6 Å². The molecule has 0 bridgehead atoms. The first kappa shape index (κ1) is 20.9. The molecular formula is C32H19ClN2O. The number of hydrogen-bond acceptors (Lipinski definition) is 3. The first-order valence-electron chi connectivity index (χ1n) is 11.8. The predicted octanol–water partition coefficient (Wildman–Crippen LogP) is 9.18. The zero-order chi connectivity index (χ0) is 24.1. The monoisotopic (exact) mass is 482 g/mol. The predicted molar refractivity (Wildman–Crippen MR) is 148 cm³/mol. The van der Waals surface area contributed by atoms with Gasteiger partial charge in [0.05, 0.1) is 5.69 Å². The summed E-state index contributed by atoms with van der Waals surface area (Å²) in [5.41, 5.74) is 6.87. The molecule has 3 nitrogen and oxygen atoms in total. The molecule has 2 heterocycles. The van der Waals surface area contributed by atoms with Gasteiger partial charge < -0.3 is 4.42 Å². The molecule has 0 spiro atoms. The Balaban J connectivity index is 1.33. The minimum Gasteiger partial charge on any atom is -0.456 e. The molecule has 36 heavy (non-hydrogen) atoms. The van der Waals surface area contributed by atoms with Gasteiger partial charge in [0.1, 0.15) is 16.3 Å². The lowest BCUT2D eigenvalue weighted by atomic mass is 9.96. The number of nitrogens with zero attached hydrogens (tertiary/aromatic N) is 2. The first-order chi connectivity index (χ1) is 17.7. The van der Waals surface area contributed by atoms with Gasteiger partial charge in [-0.05, 0) is 46.2 Å². The van der Waals surface area contributed by atoms with E-state index in [0.29, 0.717) is 11.0 Å². The first-order valence-corrected chi connectivity index (χ1v) is 12.2. The van der Waals surface area contributed by atoms with Crippen LogP contribution in [0.3, 0.4) is 0 Å². The van der Waals surface area contributed by atoms with E-state index in [-0.39, 0.29) is 0 Å². The molecule has 7 rings (SSSR count). The fourth-order valence-electron chi connectivity index (χ4n) is 4.87. The molecule has 0 N–H and O–H groups in total. The Morgan fingerprint density at radius 1 is 0.556 bits per heavy atom. The molecule has 5 aromatic carbocycles. The van der Waals surface area contributed by atoms with Crippen LogP contribution in [0.2, 0.25) is 5.15 Å². The number of halogens is 1. The summed E-state index contributed by atoms with van der Waals surface area (Å²) in [6.07, 6.45) is 0. The van der Waals surface area contributed by atoms with Crippen LogP contribution in [0, 0.1) is 0 Å². The van der Waals surface area contributed by atoms with E-state index in [2.05, 4.69) is 65.6 Å². The lowest BCUT2D eigenvalue weighted by Gasteiger charge is -2.09. The summed E-state index contributed by atoms with van der Waals surface area (Å²) < 4.78 is 6.10. The lowest BCUT2D eigenvalue weighted by molar-refractivity contribution is 0.669. The summed E-state index contributed by atoms with van der Waals surface area (Å²) in [4.78, 5) is 9.22. The average molecular weight is 483 g/mol. The number of fused-ring (bicyclic) bond motifs is 4. The second-order valence-corrected chi connectivity index (χ2v) is 9.21. The summed E-state index contributed by atoms with van der Waals surface area (Å²) in [5, 5.41) is 5.00. The average Bonchev–Trinajstić information content (AvgIpc) is 3.31. The van der Waals surface area contributed by atoms with E-state index >= 15 is 0 Å². The molecule has 0 fully saturated rings. The van der Waals surface area contributed by atoms with Crippen LogP contribution in [-0.4, -0.2) is 9.97 Å². The number of para-hydroxylation sites is 1. The molecule has 0 radical (unpaired) electrons. The fourth-order valence-corrected chi connectivity index (χ4v) is 5.05. The van der Waals surface area contributed by atoms with Crippen LogP contribution in [0.25, 0.3) is 66.5 Å². The van der Waals surface area contributed by atoms with E-state index in [9.17, 15) is 0 Å². The Bertz CT molecular complexity index is 1910. The zero-order valence-electron chi connectivity index (χ0n) is 19.2. The van der Waals surface area contributed by atoms with Gasteiger partial charge in [0.15, 0.2) is 5.82 Å². The van der Waals surface area contributed by atoms with Gasteiger partial charge in [0.2, 0.25) is 0 Å². The molecule has 7 aromatic rings. The Kier molecular flexibility index (Phi) is 4.83. The van der Waals surface area contributed by atoms with E-state index in [1.54, 1.807) is 0 Å². The van der Waals surface area contributed by atoms with Crippen molar-refractivity contribution in [2.75, 3.05) is 0 Å². The van der Waals surface area contributed by atoms with Crippen molar-refractivity contribution < 1.29 is 4.42 Å². The molecule has 0 amide bonds. The molecule has 0 unspecified atom stereocenters. The van der Waals surface area contributed by atoms with Gasteiger partial charge >= 0.3 is 0 Å². The molecule has 0 aliphatic heterocycles. The third-order valence-corrected chi connectivity index (χ3v) is 6.77. The lowest BCUT2D eigenvalue weighted by Crippen LogP contribution is -1.93. The quantitative estimate of drug-likeness (QED) is 0.235. The van der Waals surface area contributed by atoms with Crippen LogP contribution in [0.15, 0.2) is 120 Å². The highest BCUT2D eigenvalue weighted by Crippen LogP contribution is 2.37. The Morgan fingerprint density at radius 2 is 1.28 bits per heavy atom. The van der Waals surface area contributed by atoms with Crippen LogP contribution in [0.5, 0.6) is 0 Å². The summed E-state index contributed by atoms with van der Waals surface area (Å²) in [5.74, 6) is 0.619. The van der Waals surface area contributed by atoms with Gasteiger partial charge in [-0.2, -0.15) is 0 Å². The van der Waals surface area contributed by atoms with Crippen molar-refractivity contribution in [1.82, 2.24) is 9.97 Å². The van der Waals surface area contributed by atoms with Crippen molar-refractivity contribution >= 4 is 44.3 Å². The minimum atomic E-state index is 0.426. The maximum atomic E-state index is 6.38. The fraction of sp³-hybridized carbons (Fsp3) is 0. The van der Waals surface area contributed by atoms with Gasteiger partial charge in [-0.1, -0.05) is 96.5 Å². The number of furan rings is 1. The van der Waals surface area contributed by atoms with E-state index in [0.717, 1.165) is 55.1 Å². The highest BCUT2D eigenvalue weighted by Gasteiger charge is 2.13. The molecule has 0 aliphatic carbocycles. The van der Waals surface area contributed by atoms with Gasteiger partial charge in [-0.15, -0.1) is 0 Å². The summed E-state index contributed by atoms with van der Waals surface area (Å²) in [6.45, 7) is 0. The molecule has 0 aliphatic rings. The normalized spacial score (nSPS) is 11.5. The largest absolute Gasteiger partial charge is 0.456 e. The Hall–Kier alpha value is -4.47. The van der Waals surface area contributed by atoms with Crippen LogP contribution < -0.4 is 0 Å². The summed E-state index contributed by atoms with van der Waals surface area (Å²) >= 11 is 6.38. The van der Waals surface area contributed by atoms with Crippen LogP contribution in [0.4, 0.5) is 0 Å². The summed E-state index contributed by atoms with van der Waals surface area (Å²) in [7, 11) is 0. The molecule has 0 saturated carbocycles. The van der Waals surface area contributed by atoms with E-state index < -0.39 is 0 Å². The molecule has 0 saturated heterocycles. The second-order valence-electron chi connectivity index (χ2n) is 8.82. The van der Waals surface area contributed by atoms with Crippen molar-refractivity contribution in [3.8, 4) is 33.8 Å². The van der Waals surface area contributed by atoms with E-state index in [1.165, 1.54) is 5.56 Å². The van der Waals surface area contributed by atoms with Crippen molar-refractivity contribution in [3.63, 3.8) is 0 Å². The third-order valence-electron chi connectivity index (χ3n) is 6.58. The van der Waals surface area contributed by atoms with Gasteiger partial charge in [0.25, 0.3) is 0 Å². The number of hydrogen-bond donors (Lipinski definition) is 0. The third kappa shape index (κ3) is 3.53. The standard InChI is InChI=1S/C32H19ClN2O/c33-30-19-27(34-32(35-30)20-7-2-1-3-8-20)24-16-14-21-17-23(15-13-22(21)18-24)25-10-6-12-29-31(25)26-9-4-5-11-28(26)36-29/h1-19H. The van der Waals surface area contributed by atoms with Gasteiger partial charge in [-0.3, -0.25) is 0 Å². The molecule has 2 aromatic heterocycles. The minimum absolute atomic E-state index is 0.426. The summed E-state index contributed by atoms with van der Waals surface area (Å²) in [6, 6.07) is 39.1. The van der Waals surface area contributed by atoms with Crippen molar-refractivity contribution in [2.45, 2.75) is 0 Å². The molecule has 4 heteroatoms. The van der Waals surface area contributed by atoms with Crippen molar-refractivity contribution in [1.29, 1.82) is 0 Å². The van der Waals surface area contributed by atoms with Crippen LogP contribution in [0.1, 0.15) is 0 Å². The second kappa shape index (κ2) is 8.33. The topological polar surface area (TPSA) is 38.9 Å². The van der Waals surface area contributed by atoms with E-state index in [4.69, 9.17) is 21.0 Å². The van der Waals surface area contributed by atoms with Crippen LogP contribution >= 0.6 is 11.6 Å². The SMILES string of the molecule is Clc1cc(-c2ccc3cc(-c4cccc5oc6ccccc6c45)ccc3c2)nc(-c2ccccc2)n1. The van der Waals surface area contributed by atoms with Crippen molar-refractivity contribution in [3.05, 3.63) is 120 Å². The molecule has 170 valence electrons.